The average molecular weight is 278 g/mol. The van der Waals surface area contributed by atoms with Crippen LogP contribution in [0.2, 0.25) is 0 Å². The standard InChI is InChI=1S/C15H26N4O/c1-6-9-16-13-12(8-7-10-17-13)14(20)18-11-15(2,3)19(4)5/h7-8,10H,6,9,11H2,1-5H3,(H,16,17)(H,18,20). The van der Waals surface area contributed by atoms with Gasteiger partial charge in [-0.2, -0.15) is 0 Å². The largest absolute Gasteiger partial charge is 0.369 e. The molecule has 112 valence electrons. The number of carbonyl (C=O) groups excluding carboxylic acids is 1. The van der Waals surface area contributed by atoms with Gasteiger partial charge in [0.05, 0.1) is 5.56 Å². The molecule has 0 saturated carbocycles. The number of anilines is 1. The fraction of sp³-hybridized carbons (Fsp3) is 0.600. The van der Waals surface area contributed by atoms with Gasteiger partial charge in [-0.05, 0) is 46.5 Å². The van der Waals surface area contributed by atoms with E-state index in [0.29, 0.717) is 17.9 Å². The average Bonchev–Trinajstić information content (AvgIpc) is 2.42. The van der Waals surface area contributed by atoms with Crippen LogP contribution in [0.5, 0.6) is 0 Å². The third kappa shape index (κ3) is 4.49. The molecule has 2 N–H and O–H groups in total. The fourth-order valence-electron chi connectivity index (χ4n) is 1.52. The Kier molecular flexibility index (Phi) is 5.95. The van der Waals surface area contributed by atoms with Crippen LogP contribution in [0.25, 0.3) is 0 Å². The molecule has 0 aromatic carbocycles. The Balaban J connectivity index is 2.72. The third-order valence-corrected chi connectivity index (χ3v) is 3.49. The SMILES string of the molecule is CCCNc1ncccc1C(=O)NCC(C)(C)N(C)C. The van der Waals surface area contributed by atoms with Crippen molar-refractivity contribution < 1.29 is 4.79 Å². The van der Waals surface area contributed by atoms with Gasteiger partial charge in [-0.15, -0.1) is 0 Å². The van der Waals surface area contributed by atoms with Crippen LogP contribution in [0.1, 0.15) is 37.6 Å². The Morgan fingerprint density at radius 3 is 2.70 bits per heavy atom. The number of nitrogens with zero attached hydrogens (tertiary/aromatic N) is 2. The van der Waals surface area contributed by atoms with Crippen molar-refractivity contribution >= 4 is 11.7 Å². The Morgan fingerprint density at radius 2 is 2.10 bits per heavy atom. The molecule has 1 amide bonds. The van der Waals surface area contributed by atoms with E-state index in [1.165, 1.54) is 0 Å². The summed E-state index contributed by atoms with van der Waals surface area (Å²) in [5, 5.41) is 6.16. The summed E-state index contributed by atoms with van der Waals surface area (Å²) < 4.78 is 0. The number of nitrogens with one attached hydrogen (secondary N) is 2. The van der Waals surface area contributed by atoms with Crippen molar-refractivity contribution in [3.63, 3.8) is 0 Å². The second-order valence-corrected chi connectivity index (χ2v) is 5.72. The van der Waals surface area contributed by atoms with Crippen LogP contribution in [-0.4, -0.2) is 48.5 Å². The third-order valence-electron chi connectivity index (χ3n) is 3.49. The highest BCUT2D eigenvalue weighted by molar-refractivity contribution is 5.98. The summed E-state index contributed by atoms with van der Waals surface area (Å²) in [4.78, 5) is 18.6. The molecule has 1 heterocycles. The van der Waals surface area contributed by atoms with Crippen LogP contribution in [0.4, 0.5) is 5.82 Å². The maximum absolute atomic E-state index is 12.3. The molecular formula is C15H26N4O. The molecule has 0 bridgehead atoms. The number of carbonyl (C=O) groups is 1. The Morgan fingerprint density at radius 1 is 1.40 bits per heavy atom. The maximum atomic E-state index is 12.3. The molecule has 1 rings (SSSR count). The first-order valence-corrected chi connectivity index (χ1v) is 7.03. The van der Waals surface area contributed by atoms with Gasteiger partial charge >= 0.3 is 0 Å². The molecular weight excluding hydrogens is 252 g/mol. The van der Waals surface area contributed by atoms with Crippen molar-refractivity contribution in [3.05, 3.63) is 23.9 Å². The summed E-state index contributed by atoms with van der Waals surface area (Å²) >= 11 is 0. The van der Waals surface area contributed by atoms with Gasteiger partial charge in [0.15, 0.2) is 0 Å². The van der Waals surface area contributed by atoms with Crippen LogP contribution in [-0.2, 0) is 0 Å². The predicted molar refractivity (Wildman–Crippen MR) is 83.1 cm³/mol. The van der Waals surface area contributed by atoms with Crippen LogP contribution < -0.4 is 10.6 Å². The highest BCUT2D eigenvalue weighted by Gasteiger charge is 2.22. The lowest BCUT2D eigenvalue weighted by Gasteiger charge is -2.32. The topological polar surface area (TPSA) is 57.3 Å². The number of rotatable bonds is 7. The van der Waals surface area contributed by atoms with E-state index in [4.69, 9.17) is 0 Å². The van der Waals surface area contributed by atoms with E-state index in [1.54, 1.807) is 18.3 Å². The van der Waals surface area contributed by atoms with Gasteiger partial charge in [0, 0.05) is 24.8 Å². The van der Waals surface area contributed by atoms with Crippen LogP contribution in [0.15, 0.2) is 18.3 Å². The van der Waals surface area contributed by atoms with Crippen molar-refractivity contribution in [2.75, 3.05) is 32.5 Å². The minimum absolute atomic E-state index is 0.0884. The van der Waals surface area contributed by atoms with Crippen LogP contribution in [0.3, 0.4) is 0 Å². The second kappa shape index (κ2) is 7.24. The van der Waals surface area contributed by atoms with Gasteiger partial charge < -0.3 is 15.5 Å². The zero-order chi connectivity index (χ0) is 15.2. The second-order valence-electron chi connectivity index (χ2n) is 5.72. The first-order chi connectivity index (χ1) is 9.38. The van der Waals surface area contributed by atoms with Crippen molar-refractivity contribution in [2.45, 2.75) is 32.7 Å². The number of aromatic nitrogens is 1. The zero-order valence-corrected chi connectivity index (χ0v) is 13.2. The molecule has 1 aromatic heterocycles. The van der Waals surface area contributed by atoms with Crippen LogP contribution in [0, 0.1) is 0 Å². The van der Waals surface area contributed by atoms with Crippen molar-refractivity contribution in [3.8, 4) is 0 Å². The molecule has 0 saturated heterocycles. The lowest BCUT2D eigenvalue weighted by molar-refractivity contribution is 0.0920. The smallest absolute Gasteiger partial charge is 0.255 e. The highest BCUT2D eigenvalue weighted by atomic mass is 16.1. The summed E-state index contributed by atoms with van der Waals surface area (Å²) in [6, 6.07) is 3.58. The molecule has 0 spiro atoms. The summed E-state index contributed by atoms with van der Waals surface area (Å²) in [7, 11) is 4.01. The quantitative estimate of drug-likeness (QED) is 0.800. The van der Waals surface area contributed by atoms with Gasteiger partial charge in [0.1, 0.15) is 5.82 Å². The van der Waals surface area contributed by atoms with E-state index in [9.17, 15) is 4.79 Å². The Bertz CT molecular complexity index is 443. The van der Waals surface area contributed by atoms with E-state index in [1.807, 2.05) is 14.1 Å². The number of hydrogen-bond donors (Lipinski definition) is 2. The molecule has 0 aliphatic carbocycles. The van der Waals surface area contributed by atoms with Gasteiger partial charge in [0.2, 0.25) is 0 Å². The van der Waals surface area contributed by atoms with Gasteiger partial charge in [-0.3, -0.25) is 4.79 Å². The van der Waals surface area contributed by atoms with Crippen molar-refractivity contribution in [1.82, 2.24) is 15.2 Å². The molecule has 0 aliphatic heterocycles. The number of amides is 1. The fourth-order valence-corrected chi connectivity index (χ4v) is 1.52. The van der Waals surface area contributed by atoms with Gasteiger partial charge in [0.25, 0.3) is 5.91 Å². The summed E-state index contributed by atoms with van der Waals surface area (Å²) in [6.45, 7) is 7.65. The molecule has 0 radical (unpaired) electrons. The molecule has 20 heavy (non-hydrogen) atoms. The van der Waals surface area contributed by atoms with Gasteiger partial charge in [-0.25, -0.2) is 4.98 Å². The van der Waals surface area contributed by atoms with E-state index in [0.717, 1.165) is 13.0 Å². The highest BCUT2D eigenvalue weighted by Crippen LogP contribution is 2.13. The van der Waals surface area contributed by atoms with E-state index in [-0.39, 0.29) is 11.4 Å². The van der Waals surface area contributed by atoms with Crippen LogP contribution >= 0.6 is 0 Å². The molecule has 0 fully saturated rings. The minimum atomic E-state index is -0.0911. The predicted octanol–water partition coefficient (Wildman–Crippen LogP) is 1.97. The lowest BCUT2D eigenvalue weighted by Crippen LogP contribution is -2.48. The first kappa shape index (κ1) is 16.4. The minimum Gasteiger partial charge on any atom is -0.369 e. The summed E-state index contributed by atoms with van der Waals surface area (Å²) in [6.07, 6.45) is 2.68. The Labute approximate surface area is 121 Å². The number of pyridine rings is 1. The number of likely N-dealkylation sites (N-methyl/N-ethyl adjacent to an activating group) is 1. The molecule has 0 unspecified atom stereocenters. The summed E-state index contributed by atoms with van der Waals surface area (Å²) in [5.74, 6) is 0.557. The monoisotopic (exact) mass is 278 g/mol. The van der Waals surface area contributed by atoms with E-state index in [2.05, 4.69) is 41.3 Å². The molecule has 5 heteroatoms. The van der Waals surface area contributed by atoms with E-state index < -0.39 is 0 Å². The lowest BCUT2D eigenvalue weighted by atomic mass is 10.0. The molecule has 0 atom stereocenters. The zero-order valence-electron chi connectivity index (χ0n) is 13.2. The van der Waals surface area contributed by atoms with Gasteiger partial charge in [-0.1, -0.05) is 6.92 Å². The molecule has 0 aliphatic rings. The maximum Gasteiger partial charge on any atom is 0.255 e. The van der Waals surface area contributed by atoms with Crippen molar-refractivity contribution in [1.29, 1.82) is 0 Å². The van der Waals surface area contributed by atoms with E-state index >= 15 is 0 Å². The summed E-state index contributed by atoms with van der Waals surface area (Å²) in [5.41, 5.74) is 0.505. The molecule has 5 nitrogen and oxygen atoms in total. The first-order valence-electron chi connectivity index (χ1n) is 7.03. The Hall–Kier alpha value is -1.62. The normalized spacial score (nSPS) is 11.5. The molecule has 1 aromatic rings. The van der Waals surface area contributed by atoms with Crippen molar-refractivity contribution in [2.24, 2.45) is 0 Å². The number of hydrogen-bond acceptors (Lipinski definition) is 4.